The first kappa shape index (κ1) is 15.8. The smallest absolute Gasteiger partial charge is 0.119 e. The molecule has 0 aromatic heterocycles. The van der Waals surface area contributed by atoms with Gasteiger partial charge in [0.15, 0.2) is 0 Å². The number of hydrogen-bond donors (Lipinski definition) is 2. The number of rotatable bonds is 9. The summed E-state index contributed by atoms with van der Waals surface area (Å²) in [5, 5.41) is 13.2. The van der Waals surface area contributed by atoms with Gasteiger partial charge in [0.2, 0.25) is 0 Å². The van der Waals surface area contributed by atoms with Crippen LogP contribution in [0.4, 0.5) is 0 Å². The summed E-state index contributed by atoms with van der Waals surface area (Å²) in [4.78, 5) is 0. The summed E-state index contributed by atoms with van der Waals surface area (Å²) < 4.78 is 10.7. The zero-order chi connectivity index (χ0) is 14.1. The zero-order valence-electron chi connectivity index (χ0n) is 12.1. The summed E-state index contributed by atoms with van der Waals surface area (Å²) in [5.41, 5.74) is -0.630. The fourth-order valence-corrected chi connectivity index (χ4v) is 1.90. The average molecular weight is 267 g/mol. The van der Waals surface area contributed by atoms with Crippen LogP contribution in [0.3, 0.4) is 0 Å². The maximum absolute atomic E-state index is 9.97. The molecule has 19 heavy (non-hydrogen) atoms. The van der Waals surface area contributed by atoms with E-state index in [2.05, 4.69) is 12.2 Å². The van der Waals surface area contributed by atoms with E-state index < -0.39 is 5.60 Å². The summed E-state index contributed by atoms with van der Waals surface area (Å²) >= 11 is 0. The predicted octanol–water partition coefficient (Wildman–Crippen LogP) is 2.21. The van der Waals surface area contributed by atoms with Gasteiger partial charge in [-0.05, 0) is 37.6 Å². The largest absolute Gasteiger partial charge is 0.497 e. The molecule has 0 radical (unpaired) electrons. The zero-order valence-corrected chi connectivity index (χ0v) is 12.1. The van der Waals surface area contributed by atoms with E-state index in [1.165, 1.54) is 0 Å². The highest BCUT2D eigenvalue weighted by molar-refractivity contribution is 5.31. The normalized spacial score (nSPS) is 13.9. The van der Waals surface area contributed by atoms with Crippen LogP contribution in [-0.4, -0.2) is 37.5 Å². The molecule has 0 aliphatic rings. The van der Waals surface area contributed by atoms with E-state index in [1.807, 2.05) is 31.2 Å². The molecular weight excluding hydrogens is 242 g/mol. The molecule has 0 bridgehead atoms. The van der Waals surface area contributed by atoms with Gasteiger partial charge in [-0.3, -0.25) is 0 Å². The third-order valence-electron chi connectivity index (χ3n) is 2.90. The van der Waals surface area contributed by atoms with E-state index in [0.29, 0.717) is 19.7 Å². The van der Waals surface area contributed by atoms with Gasteiger partial charge in [0.25, 0.3) is 0 Å². The van der Waals surface area contributed by atoms with Gasteiger partial charge in [0.05, 0.1) is 12.7 Å². The molecule has 0 heterocycles. The second-order valence-electron chi connectivity index (χ2n) is 4.95. The van der Waals surface area contributed by atoms with Crippen LogP contribution in [0.1, 0.15) is 26.7 Å². The summed E-state index contributed by atoms with van der Waals surface area (Å²) in [6, 6.07) is 7.50. The van der Waals surface area contributed by atoms with Crippen molar-refractivity contribution in [3.05, 3.63) is 24.3 Å². The minimum atomic E-state index is -0.630. The third kappa shape index (κ3) is 6.45. The molecule has 2 N–H and O–H groups in total. The quantitative estimate of drug-likeness (QED) is 0.674. The number of nitrogens with one attached hydrogen (secondary N) is 1. The van der Waals surface area contributed by atoms with Gasteiger partial charge >= 0.3 is 0 Å². The number of benzene rings is 1. The Balaban J connectivity index is 2.16. The van der Waals surface area contributed by atoms with Crippen molar-refractivity contribution in [3.63, 3.8) is 0 Å². The molecule has 108 valence electrons. The standard InChI is InChI=1S/C15H25NO3/c1-4-9-15(2,17)12-16-10-11-19-14-7-5-13(18-3)6-8-14/h5-8,16-17H,4,9-12H2,1-3H3/t15-/m0/s1. The van der Waals surface area contributed by atoms with Crippen molar-refractivity contribution < 1.29 is 14.6 Å². The molecule has 0 aliphatic carbocycles. The van der Waals surface area contributed by atoms with Crippen LogP contribution in [0.25, 0.3) is 0 Å². The molecule has 4 nitrogen and oxygen atoms in total. The van der Waals surface area contributed by atoms with Crippen molar-refractivity contribution in [2.75, 3.05) is 26.8 Å². The first-order chi connectivity index (χ1) is 9.07. The minimum Gasteiger partial charge on any atom is -0.497 e. The van der Waals surface area contributed by atoms with Crippen molar-refractivity contribution >= 4 is 0 Å². The molecule has 0 fully saturated rings. The molecule has 0 aliphatic heterocycles. The second-order valence-corrected chi connectivity index (χ2v) is 4.95. The molecule has 0 amide bonds. The molecule has 1 aromatic carbocycles. The maximum Gasteiger partial charge on any atom is 0.119 e. The lowest BCUT2D eigenvalue weighted by atomic mass is 10.0. The second kappa shape index (κ2) is 8.02. The monoisotopic (exact) mass is 267 g/mol. The molecular formula is C15H25NO3. The Morgan fingerprint density at radius 1 is 1.21 bits per heavy atom. The number of hydrogen-bond acceptors (Lipinski definition) is 4. The molecule has 0 saturated heterocycles. The summed E-state index contributed by atoms with van der Waals surface area (Å²) in [6.45, 7) is 5.81. The molecule has 1 aromatic rings. The van der Waals surface area contributed by atoms with Crippen LogP contribution < -0.4 is 14.8 Å². The predicted molar refractivity (Wildman–Crippen MR) is 76.9 cm³/mol. The Kier molecular flexibility index (Phi) is 6.67. The summed E-state index contributed by atoms with van der Waals surface area (Å²) in [6.07, 6.45) is 1.79. The highest BCUT2D eigenvalue weighted by atomic mass is 16.5. The summed E-state index contributed by atoms with van der Waals surface area (Å²) in [7, 11) is 1.64. The molecule has 4 heteroatoms. The van der Waals surface area contributed by atoms with E-state index >= 15 is 0 Å². The topological polar surface area (TPSA) is 50.7 Å². The van der Waals surface area contributed by atoms with Crippen molar-refractivity contribution in [1.29, 1.82) is 0 Å². The number of methoxy groups -OCH3 is 1. The van der Waals surface area contributed by atoms with E-state index in [4.69, 9.17) is 9.47 Å². The number of aliphatic hydroxyl groups is 1. The van der Waals surface area contributed by atoms with Gasteiger partial charge < -0.3 is 19.9 Å². The summed E-state index contributed by atoms with van der Waals surface area (Å²) in [5.74, 6) is 1.64. The first-order valence-corrected chi connectivity index (χ1v) is 6.77. The number of ether oxygens (including phenoxy) is 2. The van der Waals surface area contributed by atoms with E-state index in [1.54, 1.807) is 7.11 Å². The highest BCUT2D eigenvalue weighted by Crippen LogP contribution is 2.16. The van der Waals surface area contributed by atoms with Gasteiger partial charge in [0.1, 0.15) is 18.1 Å². The molecule has 0 spiro atoms. The third-order valence-corrected chi connectivity index (χ3v) is 2.90. The Morgan fingerprint density at radius 2 is 1.84 bits per heavy atom. The highest BCUT2D eigenvalue weighted by Gasteiger charge is 2.17. The van der Waals surface area contributed by atoms with Gasteiger partial charge in [-0.1, -0.05) is 13.3 Å². The van der Waals surface area contributed by atoms with Gasteiger partial charge in [-0.15, -0.1) is 0 Å². The van der Waals surface area contributed by atoms with Gasteiger partial charge in [-0.2, -0.15) is 0 Å². The first-order valence-electron chi connectivity index (χ1n) is 6.77. The fourth-order valence-electron chi connectivity index (χ4n) is 1.90. The van der Waals surface area contributed by atoms with Crippen molar-refractivity contribution in [1.82, 2.24) is 5.32 Å². The van der Waals surface area contributed by atoms with Crippen LogP contribution in [0.2, 0.25) is 0 Å². The molecule has 1 atom stereocenters. The average Bonchev–Trinajstić information content (AvgIpc) is 2.39. The Morgan fingerprint density at radius 3 is 2.42 bits per heavy atom. The molecule has 0 saturated carbocycles. The fraction of sp³-hybridized carbons (Fsp3) is 0.600. The van der Waals surface area contributed by atoms with E-state index in [-0.39, 0.29) is 0 Å². The van der Waals surface area contributed by atoms with Crippen LogP contribution in [0.15, 0.2) is 24.3 Å². The van der Waals surface area contributed by atoms with Crippen LogP contribution in [0, 0.1) is 0 Å². The lowest BCUT2D eigenvalue weighted by Crippen LogP contribution is -2.39. The van der Waals surface area contributed by atoms with Gasteiger partial charge in [-0.25, -0.2) is 0 Å². The van der Waals surface area contributed by atoms with Crippen LogP contribution in [-0.2, 0) is 0 Å². The van der Waals surface area contributed by atoms with Gasteiger partial charge in [0, 0.05) is 13.1 Å². The Labute approximate surface area is 115 Å². The van der Waals surface area contributed by atoms with Crippen LogP contribution >= 0.6 is 0 Å². The van der Waals surface area contributed by atoms with E-state index in [9.17, 15) is 5.11 Å². The van der Waals surface area contributed by atoms with Crippen molar-refractivity contribution in [2.24, 2.45) is 0 Å². The Hall–Kier alpha value is -1.26. The molecule has 1 rings (SSSR count). The molecule has 0 unspecified atom stereocenters. The van der Waals surface area contributed by atoms with Crippen LogP contribution in [0.5, 0.6) is 11.5 Å². The minimum absolute atomic E-state index is 0.578. The Bertz CT molecular complexity index is 349. The van der Waals surface area contributed by atoms with Crippen molar-refractivity contribution in [2.45, 2.75) is 32.3 Å². The van der Waals surface area contributed by atoms with E-state index in [0.717, 1.165) is 24.3 Å². The van der Waals surface area contributed by atoms with Crippen molar-refractivity contribution in [3.8, 4) is 11.5 Å². The lowest BCUT2D eigenvalue weighted by Gasteiger charge is -2.23. The lowest BCUT2D eigenvalue weighted by molar-refractivity contribution is 0.0494. The maximum atomic E-state index is 9.97. The SMILES string of the molecule is CCC[C@](C)(O)CNCCOc1ccc(OC)cc1.